The van der Waals surface area contributed by atoms with Crippen molar-refractivity contribution in [2.75, 3.05) is 13.1 Å². The predicted molar refractivity (Wildman–Crippen MR) is 65.8 cm³/mol. The van der Waals surface area contributed by atoms with Crippen molar-refractivity contribution in [3.05, 3.63) is 0 Å². The van der Waals surface area contributed by atoms with Gasteiger partial charge in [-0.25, -0.2) is 4.79 Å². The smallest absolute Gasteiger partial charge is 0.321 e. The lowest BCUT2D eigenvalue weighted by molar-refractivity contribution is -0.122. The molecule has 0 saturated carbocycles. The van der Waals surface area contributed by atoms with Crippen LogP contribution in [0.25, 0.3) is 0 Å². The van der Waals surface area contributed by atoms with Crippen molar-refractivity contribution in [2.45, 2.75) is 38.8 Å². The van der Waals surface area contributed by atoms with Gasteiger partial charge in [0.2, 0.25) is 11.8 Å². The molecule has 102 valence electrons. The first-order valence-corrected chi connectivity index (χ1v) is 6.14. The molecule has 7 heteroatoms. The highest BCUT2D eigenvalue weighted by Gasteiger charge is 2.22. The molecule has 0 bridgehead atoms. The van der Waals surface area contributed by atoms with Crippen LogP contribution in [0.1, 0.15) is 26.7 Å². The summed E-state index contributed by atoms with van der Waals surface area (Å²) in [6.07, 6.45) is 1.16. The van der Waals surface area contributed by atoms with Crippen molar-refractivity contribution in [1.29, 1.82) is 0 Å². The predicted octanol–water partition coefficient (Wildman–Crippen LogP) is -0.911. The van der Waals surface area contributed by atoms with Crippen LogP contribution in [0.4, 0.5) is 4.79 Å². The van der Waals surface area contributed by atoms with Crippen molar-refractivity contribution in [2.24, 2.45) is 0 Å². The highest BCUT2D eigenvalue weighted by Crippen LogP contribution is 2.03. The Labute approximate surface area is 106 Å². The van der Waals surface area contributed by atoms with Crippen molar-refractivity contribution < 1.29 is 14.4 Å². The van der Waals surface area contributed by atoms with Crippen LogP contribution in [0.5, 0.6) is 0 Å². The van der Waals surface area contributed by atoms with E-state index in [0.717, 1.165) is 0 Å². The molecule has 2 atom stereocenters. The summed E-state index contributed by atoms with van der Waals surface area (Å²) in [5.74, 6) is -0.342. The molecule has 0 aromatic rings. The van der Waals surface area contributed by atoms with Crippen molar-refractivity contribution in [1.82, 2.24) is 21.3 Å². The fourth-order valence-electron chi connectivity index (χ4n) is 1.73. The second kappa shape index (κ2) is 6.95. The third-order valence-electron chi connectivity index (χ3n) is 2.72. The molecule has 0 spiro atoms. The van der Waals surface area contributed by atoms with E-state index in [1.165, 1.54) is 0 Å². The molecule has 18 heavy (non-hydrogen) atoms. The van der Waals surface area contributed by atoms with E-state index in [9.17, 15) is 14.4 Å². The van der Waals surface area contributed by atoms with Gasteiger partial charge < -0.3 is 16.0 Å². The van der Waals surface area contributed by atoms with Crippen molar-refractivity contribution in [3.8, 4) is 0 Å². The number of urea groups is 1. The molecule has 1 aliphatic rings. The quantitative estimate of drug-likeness (QED) is 0.523. The minimum atomic E-state index is -0.493. The molecule has 0 aliphatic carbocycles. The Bertz CT molecular complexity index is 322. The van der Waals surface area contributed by atoms with E-state index >= 15 is 0 Å². The monoisotopic (exact) mass is 256 g/mol. The van der Waals surface area contributed by atoms with Crippen molar-refractivity contribution >= 4 is 17.8 Å². The van der Waals surface area contributed by atoms with Gasteiger partial charge in [0.25, 0.3) is 0 Å². The highest BCUT2D eigenvalue weighted by atomic mass is 16.2. The number of nitrogens with one attached hydrogen (secondary N) is 4. The van der Waals surface area contributed by atoms with Gasteiger partial charge >= 0.3 is 6.03 Å². The molecule has 2 unspecified atom stereocenters. The van der Waals surface area contributed by atoms with E-state index in [1.54, 1.807) is 13.8 Å². The summed E-state index contributed by atoms with van der Waals surface area (Å²) >= 11 is 0. The van der Waals surface area contributed by atoms with Gasteiger partial charge in [0.05, 0.1) is 6.04 Å². The summed E-state index contributed by atoms with van der Waals surface area (Å²) in [5.41, 5.74) is 0. The molecule has 1 heterocycles. The molecule has 1 saturated heterocycles. The molecular weight excluding hydrogens is 236 g/mol. The lowest BCUT2D eigenvalue weighted by Crippen LogP contribution is -2.54. The van der Waals surface area contributed by atoms with E-state index in [1.807, 2.05) is 0 Å². The normalized spacial score (nSPS) is 20.8. The first kappa shape index (κ1) is 14.4. The number of piperidine rings is 1. The highest BCUT2D eigenvalue weighted by molar-refractivity contribution is 5.96. The van der Waals surface area contributed by atoms with Gasteiger partial charge in [-0.1, -0.05) is 0 Å². The Balaban J connectivity index is 2.31. The molecular formula is C11H20N4O3. The third-order valence-corrected chi connectivity index (χ3v) is 2.72. The Kier molecular flexibility index (Phi) is 5.57. The Morgan fingerprint density at radius 1 is 1.50 bits per heavy atom. The van der Waals surface area contributed by atoms with E-state index < -0.39 is 12.1 Å². The minimum absolute atomic E-state index is 0.0347. The molecule has 7 nitrogen and oxygen atoms in total. The van der Waals surface area contributed by atoms with Gasteiger partial charge in [0.1, 0.15) is 0 Å². The molecule has 0 radical (unpaired) electrons. The molecule has 4 N–H and O–H groups in total. The Hall–Kier alpha value is -1.63. The van der Waals surface area contributed by atoms with Crippen LogP contribution < -0.4 is 21.3 Å². The van der Waals surface area contributed by atoms with Crippen LogP contribution in [0.3, 0.4) is 0 Å². The molecule has 0 aromatic carbocycles. The second-order valence-corrected chi connectivity index (χ2v) is 4.28. The first-order valence-electron chi connectivity index (χ1n) is 6.14. The summed E-state index contributed by atoms with van der Waals surface area (Å²) in [7, 11) is 0. The van der Waals surface area contributed by atoms with Crippen LogP contribution in [0.2, 0.25) is 0 Å². The first-order chi connectivity index (χ1) is 8.52. The Morgan fingerprint density at radius 2 is 2.22 bits per heavy atom. The number of rotatable bonds is 4. The summed E-state index contributed by atoms with van der Waals surface area (Å²) in [6, 6.07) is -0.904. The molecule has 1 fully saturated rings. The van der Waals surface area contributed by atoms with E-state index in [4.69, 9.17) is 0 Å². The number of imide groups is 1. The van der Waals surface area contributed by atoms with Gasteiger partial charge in [0, 0.05) is 25.6 Å². The second-order valence-electron chi connectivity index (χ2n) is 4.28. The van der Waals surface area contributed by atoms with Crippen LogP contribution in [0.15, 0.2) is 0 Å². The van der Waals surface area contributed by atoms with E-state index in [0.29, 0.717) is 25.9 Å². The average Bonchev–Trinajstić information content (AvgIpc) is 2.32. The fraction of sp³-hybridized carbons (Fsp3) is 0.727. The summed E-state index contributed by atoms with van der Waals surface area (Å²) in [6.45, 7) is 4.44. The molecule has 1 rings (SSSR count). The standard InChI is InChI=1S/C11H20N4O3/c1-3-12-11(18)15-10(17)7(2)14-8-4-5-9(16)13-6-8/h7-8,14H,3-6H2,1-2H3,(H,13,16)(H2,12,15,17,18). The summed E-state index contributed by atoms with van der Waals surface area (Å²) in [5, 5.41) is 10.5. The maximum absolute atomic E-state index is 11.6. The molecule has 1 aliphatic heterocycles. The van der Waals surface area contributed by atoms with Crippen LogP contribution in [0, 0.1) is 0 Å². The maximum atomic E-state index is 11.6. The largest absolute Gasteiger partial charge is 0.355 e. The van der Waals surface area contributed by atoms with Gasteiger partial charge in [-0.05, 0) is 20.3 Å². The average molecular weight is 256 g/mol. The maximum Gasteiger partial charge on any atom is 0.321 e. The Morgan fingerprint density at radius 3 is 2.78 bits per heavy atom. The van der Waals surface area contributed by atoms with Gasteiger partial charge in [-0.3, -0.25) is 14.9 Å². The number of hydrogen-bond donors (Lipinski definition) is 4. The van der Waals surface area contributed by atoms with Gasteiger partial charge in [-0.15, -0.1) is 0 Å². The zero-order chi connectivity index (χ0) is 13.5. The lowest BCUT2D eigenvalue weighted by Gasteiger charge is -2.26. The fourth-order valence-corrected chi connectivity index (χ4v) is 1.73. The van der Waals surface area contributed by atoms with Crippen molar-refractivity contribution in [3.63, 3.8) is 0 Å². The minimum Gasteiger partial charge on any atom is -0.355 e. The molecule has 4 amide bonds. The topological polar surface area (TPSA) is 99.3 Å². The SMILES string of the molecule is CCNC(=O)NC(=O)C(C)NC1CCC(=O)NC1. The number of amides is 4. The van der Waals surface area contributed by atoms with E-state index in [-0.39, 0.29) is 17.9 Å². The molecule has 0 aromatic heterocycles. The number of carbonyl (C=O) groups is 3. The van der Waals surface area contributed by atoms with Gasteiger partial charge in [0.15, 0.2) is 0 Å². The van der Waals surface area contributed by atoms with Crippen LogP contribution >= 0.6 is 0 Å². The summed E-state index contributed by atoms with van der Waals surface area (Å²) < 4.78 is 0. The van der Waals surface area contributed by atoms with Gasteiger partial charge in [-0.2, -0.15) is 0 Å². The van der Waals surface area contributed by atoms with Crippen LogP contribution in [-0.4, -0.2) is 43.0 Å². The van der Waals surface area contributed by atoms with Crippen LogP contribution in [-0.2, 0) is 9.59 Å². The number of carbonyl (C=O) groups excluding carboxylic acids is 3. The zero-order valence-corrected chi connectivity index (χ0v) is 10.7. The summed E-state index contributed by atoms with van der Waals surface area (Å²) in [4.78, 5) is 33.8. The number of hydrogen-bond acceptors (Lipinski definition) is 4. The van der Waals surface area contributed by atoms with E-state index in [2.05, 4.69) is 21.3 Å². The third kappa shape index (κ3) is 4.70. The lowest BCUT2D eigenvalue weighted by atomic mass is 10.1. The zero-order valence-electron chi connectivity index (χ0n) is 10.7.